The van der Waals surface area contributed by atoms with Gasteiger partial charge in [0.2, 0.25) is 0 Å². The maximum absolute atomic E-state index is 12.9. The van der Waals surface area contributed by atoms with Crippen LogP contribution in [0.2, 0.25) is 0 Å². The van der Waals surface area contributed by atoms with Crippen molar-refractivity contribution in [1.29, 1.82) is 5.26 Å². The molecule has 0 amide bonds. The lowest BCUT2D eigenvalue weighted by molar-refractivity contribution is -0.144. The number of carbonyl (C=O) groups is 2. The summed E-state index contributed by atoms with van der Waals surface area (Å²) in [6.45, 7) is 0.181. The Morgan fingerprint density at radius 2 is 2.15 bits per heavy atom. The van der Waals surface area contributed by atoms with E-state index in [9.17, 15) is 9.59 Å². The fraction of sp³-hybridized carbons (Fsp3) is 0.438. The minimum atomic E-state index is -1.14. The first-order valence-corrected chi connectivity index (χ1v) is 6.87. The highest BCUT2D eigenvalue weighted by molar-refractivity contribution is 6.14. The van der Waals surface area contributed by atoms with Crippen molar-refractivity contribution in [3.8, 4) is 6.07 Å². The van der Waals surface area contributed by atoms with E-state index in [4.69, 9.17) is 10.00 Å². The first-order chi connectivity index (χ1) is 9.70. The van der Waals surface area contributed by atoms with Crippen LogP contribution in [0, 0.1) is 22.7 Å². The van der Waals surface area contributed by atoms with Crippen LogP contribution in [0.15, 0.2) is 24.3 Å². The second-order valence-electron chi connectivity index (χ2n) is 5.47. The zero-order chi connectivity index (χ0) is 14.2. The Balaban J connectivity index is 2.11. The highest BCUT2D eigenvalue weighted by Crippen LogP contribution is 2.46. The fourth-order valence-corrected chi connectivity index (χ4v) is 3.41. The molecule has 1 aromatic rings. The van der Waals surface area contributed by atoms with Crippen LogP contribution in [0.4, 0.5) is 0 Å². The molecule has 1 aromatic carbocycles. The van der Waals surface area contributed by atoms with Crippen LogP contribution >= 0.6 is 0 Å². The maximum Gasteiger partial charge on any atom is 0.320 e. The summed E-state index contributed by atoms with van der Waals surface area (Å²) in [6.07, 6.45) is 2.21. The minimum Gasteiger partial charge on any atom is -0.465 e. The van der Waals surface area contributed by atoms with E-state index in [0.29, 0.717) is 12.0 Å². The molecular formula is C16H15NO3. The van der Waals surface area contributed by atoms with Crippen molar-refractivity contribution >= 4 is 11.8 Å². The Kier molecular flexibility index (Phi) is 3.06. The summed E-state index contributed by atoms with van der Waals surface area (Å²) in [5, 5.41) is 8.95. The Morgan fingerprint density at radius 3 is 2.95 bits per heavy atom. The molecule has 1 spiro atoms. The van der Waals surface area contributed by atoms with Gasteiger partial charge in [0, 0.05) is 17.9 Å². The minimum absolute atomic E-state index is 0.159. The Bertz CT molecular complexity index is 616. The number of hydrogen-bond donors (Lipinski definition) is 0. The molecule has 0 bridgehead atoms. The van der Waals surface area contributed by atoms with Crippen molar-refractivity contribution in [2.45, 2.75) is 25.7 Å². The second-order valence-corrected chi connectivity index (χ2v) is 5.47. The number of ketones is 1. The average Bonchev–Trinajstić information content (AvgIpc) is 2.68. The van der Waals surface area contributed by atoms with Crippen molar-refractivity contribution in [3.63, 3.8) is 0 Å². The van der Waals surface area contributed by atoms with Gasteiger partial charge in [-0.25, -0.2) is 0 Å². The van der Waals surface area contributed by atoms with Crippen LogP contribution in [0.25, 0.3) is 0 Å². The van der Waals surface area contributed by atoms with Gasteiger partial charge in [0.25, 0.3) is 0 Å². The Hall–Kier alpha value is -2.15. The third kappa shape index (κ3) is 1.66. The fourth-order valence-electron chi connectivity index (χ4n) is 3.41. The van der Waals surface area contributed by atoms with Crippen molar-refractivity contribution in [2.24, 2.45) is 11.3 Å². The van der Waals surface area contributed by atoms with Crippen molar-refractivity contribution < 1.29 is 14.3 Å². The van der Waals surface area contributed by atoms with Gasteiger partial charge >= 0.3 is 5.97 Å². The van der Waals surface area contributed by atoms with Gasteiger partial charge in [-0.15, -0.1) is 0 Å². The molecule has 1 aliphatic heterocycles. The number of nitriles is 1. The molecule has 4 heteroatoms. The lowest BCUT2D eigenvalue weighted by atomic mass is 9.69. The summed E-state index contributed by atoms with van der Waals surface area (Å²) in [6, 6.07) is 9.52. The van der Waals surface area contributed by atoms with E-state index in [1.54, 1.807) is 6.07 Å². The SMILES string of the molecule is N#CCC1COC(=O)[C@@]12CCCc1ccccc1C2=O. The van der Waals surface area contributed by atoms with Gasteiger partial charge < -0.3 is 4.74 Å². The number of rotatable bonds is 1. The van der Waals surface area contributed by atoms with Gasteiger partial charge in [-0.3, -0.25) is 9.59 Å². The lowest BCUT2D eigenvalue weighted by Gasteiger charge is -2.26. The number of ether oxygens (including phenoxy) is 1. The lowest BCUT2D eigenvalue weighted by Crippen LogP contribution is -2.41. The molecule has 1 saturated heterocycles. The standard InChI is InChI=1S/C16H15NO3/c17-9-7-12-10-20-15(19)16(12)8-3-5-11-4-1-2-6-13(11)14(16)18/h1-2,4,6,12H,3,5,7-8,10H2/t12?,16-/m0/s1. The van der Waals surface area contributed by atoms with Crippen LogP contribution in [0.1, 0.15) is 35.2 Å². The van der Waals surface area contributed by atoms with E-state index in [-0.39, 0.29) is 24.7 Å². The molecule has 2 atom stereocenters. The molecule has 3 rings (SSSR count). The first kappa shape index (κ1) is 12.9. The largest absolute Gasteiger partial charge is 0.465 e. The van der Waals surface area contributed by atoms with Gasteiger partial charge in [-0.05, 0) is 24.8 Å². The molecule has 0 radical (unpaired) electrons. The van der Waals surface area contributed by atoms with E-state index >= 15 is 0 Å². The number of fused-ring (bicyclic) bond motifs is 1. The molecular weight excluding hydrogens is 254 g/mol. The molecule has 1 aliphatic carbocycles. The topological polar surface area (TPSA) is 67.2 Å². The predicted molar refractivity (Wildman–Crippen MR) is 70.8 cm³/mol. The summed E-state index contributed by atoms with van der Waals surface area (Å²) in [4.78, 5) is 25.2. The van der Waals surface area contributed by atoms with Crippen molar-refractivity contribution in [1.82, 2.24) is 0 Å². The number of cyclic esters (lactones) is 1. The van der Waals surface area contributed by atoms with Crippen LogP contribution in [0.3, 0.4) is 0 Å². The van der Waals surface area contributed by atoms with Crippen LogP contribution in [-0.2, 0) is 16.0 Å². The molecule has 1 fully saturated rings. The highest BCUT2D eigenvalue weighted by atomic mass is 16.5. The summed E-state index contributed by atoms with van der Waals surface area (Å²) < 4.78 is 5.14. The summed E-state index contributed by atoms with van der Waals surface area (Å²) in [5.41, 5.74) is 0.471. The second kappa shape index (κ2) is 4.75. The molecule has 1 heterocycles. The number of benzene rings is 1. The number of aryl methyl sites for hydroxylation is 1. The van der Waals surface area contributed by atoms with Crippen molar-refractivity contribution in [3.05, 3.63) is 35.4 Å². The smallest absolute Gasteiger partial charge is 0.320 e. The molecule has 1 unspecified atom stereocenters. The quantitative estimate of drug-likeness (QED) is 0.579. The molecule has 2 aliphatic rings. The number of Topliss-reactive ketones (excluding diaryl/α,β-unsaturated/α-hetero) is 1. The van der Waals surface area contributed by atoms with Crippen LogP contribution in [0.5, 0.6) is 0 Å². The molecule has 20 heavy (non-hydrogen) atoms. The Labute approximate surface area is 117 Å². The van der Waals surface area contributed by atoms with Gasteiger partial charge in [0.1, 0.15) is 5.41 Å². The number of nitrogens with zero attached hydrogens (tertiary/aromatic N) is 1. The third-order valence-electron chi connectivity index (χ3n) is 4.50. The van der Waals surface area contributed by atoms with Crippen LogP contribution < -0.4 is 0 Å². The number of hydrogen-bond acceptors (Lipinski definition) is 4. The molecule has 102 valence electrons. The molecule has 4 nitrogen and oxygen atoms in total. The van der Waals surface area contributed by atoms with E-state index in [1.807, 2.05) is 18.2 Å². The van der Waals surface area contributed by atoms with Gasteiger partial charge in [-0.2, -0.15) is 5.26 Å². The monoisotopic (exact) mass is 269 g/mol. The first-order valence-electron chi connectivity index (χ1n) is 6.87. The number of esters is 1. The maximum atomic E-state index is 12.9. The van der Waals surface area contributed by atoms with Gasteiger partial charge in [-0.1, -0.05) is 24.3 Å². The molecule has 0 aromatic heterocycles. The normalized spacial score (nSPS) is 28.6. The van der Waals surface area contributed by atoms with Crippen LogP contribution in [-0.4, -0.2) is 18.4 Å². The van der Waals surface area contributed by atoms with E-state index in [0.717, 1.165) is 18.4 Å². The van der Waals surface area contributed by atoms with E-state index < -0.39 is 11.4 Å². The van der Waals surface area contributed by atoms with Gasteiger partial charge in [0.05, 0.1) is 12.7 Å². The zero-order valence-corrected chi connectivity index (χ0v) is 11.1. The summed E-state index contributed by atoms with van der Waals surface area (Å²) >= 11 is 0. The zero-order valence-electron chi connectivity index (χ0n) is 11.1. The molecule has 0 N–H and O–H groups in total. The van der Waals surface area contributed by atoms with Gasteiger partial charge in [0.15, 0.2) is 5.78 Å². The Morgan fingerprint density at radius 1 is 1.35 bits per heavy atom. The summed E-state index contributed by atoms with van der Waals surface area (Å²) in [7, 11) is 0. The highest BCUT2D eigenvalue weighted by Gasteiger charge is 2.58. The predicted octanol–water partition coefficient (Wildman–Crippen LogP) is 2.28. The third-order valence-corrected chi connectivity index (χ3v) is 4.50. The number of carbonyl (C=O) groups excluding carboxylic acids is 2. The van der Waals surface area contributed by atoms with E-state index in [1.165, 1.54) is 0 Å². The summed E-state index contributed by atoms with van der Waals surface area (Å²) in [5.74, 6) is -0.925. The molecule has 0 saturated carbocycles. The van der Waals surface area contributed by atoms with E-state index in [2.05, 4.69) is 6.07 Å². The van der Waals surface area contributed by atoms with Crippen molar-refractivity contribution in [2.75, 3.05) is 6.61 Å². The average molecular weight is 269 g/mol.